The number of ether oxygens (including phenoxy) is 3. The number of benzene rings is 2. The lowest BCUT2D eigenvalue weighted by atomic mass is 10.1. The third kappa shape index (κ3) is 3.47. The molecule has 114 valence electrons. The topological polar surface area (TPSA) is 44.8 Å². The zero-order valence-corrected chi connectivity index (χ0v) is 12.8. The number of hydrogen-bond acceptors (Lipinski definition) is 4. The van der Waals surface area contributed by atoms with Crippen molar-refractivity contribution in [2.24, 2.45) is 0 Å². The molecule has 4 heteroatoms. The van der Waals surface area contributed by atoms with Crippen LogP contribution < -0.4 is 14.2 Å². The average Bonchev–Trinajstić information content (AvgIpc) is 2.59. The van der Waals surface area contributed by atoms with E-state index in [0.717, 1.165) is 5.56 Å². The molecule has 2 aromatic rings. The summed E-state index contributed by atoms with van der Waals surface area (Å²) in [6.07, 6.45) is 3.22. The fraction of sp³-hybridized carbons (Fsp3) is 0.167. The van der Waals surface area contributed by atoms with Gasteiger partial charge >= 0.3 is 0 Å². The zero-order chi connectivity index (χ0) is 15.9. The minimum Gasteiger partial charge on any atom is -0.496 e. The van der Waals surface area contributed by atoms with E-state index in [-0.39, 0.29) is 5.78 Å². The van der Waals surface area contributed by atoms with Gasteiger partial charge in [0.15, 0.2) is 17.3 Å². The predicted octanol–water partition coefficient (Wildman–Crippen LogP) is 3.61. The van der Waals surface area contributed by atoms with Crippen LogP contribution in [0.15, 0.2) is 48.5 Å². The molecular formula is C18H18O4. The maximum Gasteiger partial charge on any atom is 0.185 e. The molecular weight excluding hydrogens is 280 g/mol. The molecule has 4 nitrogen and oxygen atoms in total. The Kier molecular flexibility index (Phi) is 5.20. The van der Waals surface area contributed by atoms with Gasteiger partial charge in [-0.05, 0) is 18.2 Å². The van der Waals surface area contributed by atoms with E-state index in [0.29, 0.717) is 22.8 Å². The van der Waals surface area contributed by atoms with Crippen molar-refractivity contribution >= 4 is 11.9 Å². The SMILES string of the molecule is COc1cc(OC)c(OC)cc1/C=C/C(=O)c1ccccc1. The number of carbonyl (C=O) groups is 1. The molecule has 0 saturated heterocycles. The van der Waals surface area contributed by atoms with Gasteiger partial charge in [0, 0.05) is 17.2 Å². The van der Waals surface area contributed by atoms with Crippen molar-refractivity contribution in [1.82, 2.24) is 0 Å². The molecule has 0 aliphatic rings. The first-order valence-electron chi connectivity index (χ1n) is 6.77. The number of methoxy groups -OCH3 is 3. The molecule has 0 atom stereocenters. The fourth-order valence-corrected chi connectivity index (χ4v) is 2.05. The summed E-state index contributed by atoms with van der Waals surface area (Å²) in [6, 6.07) is 12.6. The molecule has 0 fully saturated rings. The van der Waals surface area contributed by atoms with E-state index >= 15 is 0 Å². The van der Waals surface area contributed by atoms with Crippen molar-refractivity contribution in [3.63, 3.8) is 0 Å². The standard InChI is InChI=1S/C18H18O4/c1-20-16-12-18(22-3)17(21-2)11-14(16)9-10-15(19)13-7-5-4-6-8-13/h4-12H,1-3H3/b10-9+. The van der Waals surface area contributed by atoms with Crippen LogP contribution in [0.4, 0.5) is 0 Å². The summed E-state index contributed by atoms with van der Waals surface area (Å²) < 4.78 is 15.8. The highest BCUT2D eigenvalue weighted by Crippen LogP contribution is 2.35. The molecule has 0 bridgehead atoms. The summed E-state index contributed by atoms with van der Waals surface area (Å²) in [5.74, 6) is 1.69. The molecule has 0 amide bonds. The van der Waals surface area contributed by atoms with E-state index in [1.165, 1.54) is 6.08 Å². The molecule has 0 aromatic heterocycles. The minimum atomic E-state index is -0.0718. The van der Waals surface area contributed by atoms with Crippen LogP contribution in [0.5, 0.6) is 17.2 Å². The Morgan fingerprint density at radius 2 is 1.45 bits per heavy atom. The van der Waals surface area contributed by atoms with Crippen molar-refractivity contribution in [1.29, 1.82) is 0 Å². The largest absolute Gasteiger partial charge is 0.496 e. The number of allylic oxidation sites excluding steroid dienone is 1. The highest BCUT2D eigenvalue weighted by molar-refractivity contribution is 6.06. The third-order valence-corrected chi connectivity index (χ3v) is 3.21. The van der Waals surface area contributed by atoms with Crippen LogP contribution in [0, 0.1) is 0 Å². The highest BCUT2D eigenvalue weighted by Gasteiger charge is 2.10. The molecule has 0 radical (unpaired) electrons. The smallest absolute Gasteiger partial charge is 0.185 e. The first-order chi connectivity index (χ1) is 10.7. The second-order valence-corrected chi connectivity index (χ2v) is 4.51. The minimum absolute atomic E-state index is 0.0718. The molecule has 0 N–H and O–H groups in total. The second-order valence-electron chi connectivity index (χ2n) is 4.51. The maximum atomic E-state index is 12.1. The fourth-order valence-electron chi connectivity index (χ4n) is 2.05. The van der Waals surface area contributed by atoms with Crippen LogP contribution in [0.25, 0.3) is 6.08 Å². The number of rotatable bonds is 6. The average molecular weight is 298 g/mol. The number of carbonyl (C=O) groups excluding carboxylic acids is 1. The van der Waals surface area contributed by atoms with Crippen LogP contribution in [0.1, 0.15) is 15.9 Å². The van der Waals surface area contributed by atoms with E-state index < -0.39 is 0 Å². The Bertz CT molecular complexity index is 675. The first kappa shape index (κ1) is 15.6. The van der Waals surface area contributed by atoms with Crippen molar-refractivity contribution in [2.75, 3.05) is 21.3 Å². The van der Waals surface area contributed by atoms with Gasteiger partial charge in [-0.25, -0.2) is 0 Å². The lowest BCUT2D eigenvalue weighted by molar-refractivity contribution is 0.104. The summed E-state index contributed by atoms with van der Waals surface area (Å²) in [5, 5.41) is 0. The maximum absolute atomic E-state index is 12.1. The van der Waals surface area contributed by atoms with Gasteiger partial charge in [0.2, 0.25) is 0 Å². The summed E-state index contributed by atoms with van der Waals surface area (Å²) in [5.41, 5.74) is 1.38. The Morgan fingerprint density at radius 3 is 2.05 bits per heavy atom. The van der Waals surface area contributed by atoms with Gasteiger partial charge in [0.05, 0.1) is 21.3 Å². The Morgan fingerprint density at radius 1 is 0.864 bits per heavy atom. The van der Waals surface area contributed by atoms with Crippen molar-refractivity contribution in [2.45, 2.75) is 0 Å². The molecule has 0 aliphatic carbocycles. The highest BCUT2D eigenvalue weighted by atomic mass is 16.5. The lowest BCUT2D eigenvalue weighted by Crippen LogP contribution is -1.96. The normalized spacial score (nSPS) is 10.5. The summed E-state index contributed by atoms with van der Waals surface area (Å²) >= 11 is 0. The monoisotopic (exact) mass is 298 g/mol. The first-order valence-corrected chi connectivity index (χ1v) is 6.77. The quantitative estimate of drug-likeness (QED) is 0.603. The van der Waals surface area contributed by atoms with Gasteiger partial charge < -0.3 is 14.2 Å². The van der Waals surface area contributed by atoms with E-state index in [2.05, 4.69) is 0 Å². The van der Waals surface area contributed by atoms with Crippen LogP contribution in [0.2, 0.25) is 0 Å². The Labute approximate surface area is 129 Å². The van der Waals surface area contributed by atoms with E-state index in [9.17, 15) is 4.79 Å². The van der Waals surface area contributed by atoms with Crippen LogP contribution in [-0.2, 0) is 0 Å². The number of ketones is 1. The summed E-state index contributed by atoms with van der Waals surface area (Å²) in [6.45, 7) is 0. The van der Waals surface area contributed by atoms with Gasteiger partial charge in [-0.15, -0.1) is 0 Å². The molecule has 2 rings (SSSR count). The van der Waals surface area contributed by atoms with Crippen LogP contribution in [0.3, 0.4) is 0 Å². The molecule has 0 spiro atoms. The van der Waals surface area contributed by atoms with Crippen molar-refractivity contribution < 1.29 is 19.0 Å². The summed E-state index contributed by atoms with van der Waals surface area (Å²) in [7, 11) is 4.69. The van der Waals surface area contributed by atoms with Crippen LogP contribution in [-0.4, -0.2) is 27.1 Å². The van der Waals surface area contributed by atoms with Gasteiger partial charge in [-0.1, -0.05) is 30.3 Å². The van der Waals surface area contributed by atoms with E-state index in [1.807, 2.05) is 18.2 Å². The van der Waals surface area contributed by atoms with E-state index in [1.54, 1.807) is 51.7 Å². The number of hydrogen-bond donors (Lipinski definition) is 0. The Hall–Kier alpha value is -2.75. The summed E-state index contributed by atoms with van der Waals surface area (Å²) in [4.78, 5) is 12.1. The lowest BCUT2D eigenvalue weighted by Gasteiger charge is -2.12. The van der Waals surface area contributed by atoms with Crippen molar-refractivity contribution in [3.05, 3.63) is 59.7 Å². The van der Waals surface area contributed by atoms with Crippen LogP contribution >= 0.6 is 0 Å². The van der Waals surface area contributed by atoms with Gasteiger partial charge in [-0.2, -0.15) is 0 Å². The molecule has 2 aromatic carbocycles. The molecule has 22 heavy (non-hydrogen) atoms. The van der Waals surface area contributed by atoms with Crippen molar-refractivity contribution in [3.8, 4) is 17.2 Å². The predicted molar refractivity (Wildman–Crippen MR) is 85.9 cm³/mol. The third-order valence-electron chi connectivity index (χ3n) is 3.21. The van der Waals surface area contributed by atoms with Gasteiger partial charge in [0.25, 0.3) is 0 Å². The Balaban J connectivity index is 2.32. The molecule has 0 saturated carbocycles. The van der Waals surface area contributed by atoms with Gasteiger partial charge in [0.1, 0.15) is 5.75 Å². The molecule has 0 unspecified atom stereocenters. The second kappa shape index (κ2) is 7.31. The zero-order valence-electron chi connectivity index (χ0n) is 12.8. The molecule has 0 aliphatic heterocycles. The molecule has 0 heterocycles. The van der Waals surface area contributed by atoms with E-state index in [4.69, 9.17) is 14.2 Å². The van der Waals surface area contributed by atoms with Gasteiger partial charge in [-0.3, -0.25) is 4.79 Å².